The molecule has 0 bridgehead atoms. The van der Waals surface area contributed by atoms with Crippen molar-refractivity contribution in [3.8, 4) is 6.07 Å². The summed E-state index contributed by atoms with van der Waals surface area (Å²) in [4.78, 5) is 0.218. The molecule has 0 aliphatic heterocycles. The minimum absolute atomic E-state index is 0.0604. The molecule has 0 saturated heterocycles. The lowest BCUT2D eigenvalue weighted by Gasteiger charge is -2.06. The first-order valence-electron chi connectivity index (χ1n) is 5.91. The van der Waals surface area contributed by atoms with E-state index in [9.17, 15) is 8.42 Å². The molecule has 5 heteroatoms. The Labute approximate surface area is 114 Å². The van der Waals surface area contributed by atoms with Crippen LogP contribution in [0.5, 0.6) is 0 Å². The molecule has 0 spiro atoms. The van der Waals surface area contributed by atoms with Gasteiger partial charge in [0.25, 0.3) is 0 Å². The predicted molar refractivity (Wildman–Crippen MR) is 73.5 cm³/mol. The molecule has 0 heterocycles. The molecule has 1 aromatic rings. The number of hydrogen-bond donors (Lipinski definition) is 0. The SMILES string of the molecule is C=C(C)CCOCCS(=O)(=O)c1ccc(C#N)cc1. The van der Waals surface area contributed by atoms with Gasteiger partial charge >= 0.3 is 0 Å². The average molecular weight is 279 g/mol. The van der Waals surface area contributed by atoms with Crippen molar-refractivity contribution < 1.29 is 13.2 Å². The van der Waals surface area contributed by atoms with Crippen LogP contribution in [-0.4, -0.2) is 27.4 Å². The van der Waals surface area contributed by atoms with Gasteiger partial charge in [-0.05, 0) is 37.6 Å². The summed E-state index contributed by atoms with van der Waals surface area (Å²) in [5.41, 5.74) is 1.45. The maximum atomic E-state index is 11.9. The van der Waals surface area contributed by atoms with Gasteiger partial charge in [0.2, 0.25) is 0 Å². The maximum absolute atomic E-state index is 11.9. The lowest BCUT2D eigenvalue weighted by molar-refractivity contribution is 0.152. The van der Waals surface area contributed by atoms with Crippen LogP contribution < -0.4 is 0 Å². The summed E-state index contributed by atoms with van der Waals surface area (Å²) in [6, 6.07) is 7.83. The molecule has 4 nitrogen and oxygen atoms in total. The third-order valence-electron chi connectivity index (χ3n) is 2.51. The molecule has 0 saturated carbocycles. The number of nitrogens with zero attached hydrogens (tertiary/aromatic N) is 1. The first kappa shape index (κ1) is 15.4. The highest BCUT2D eigenvalue weighted by Crippen LogP contribution is 2.12. The summed E-state index contributed by atoms with van der Waals surface area (Å²) in [5, 5.41) is 8.65. The van der Waals surface area contributed by atoms with Gasteiger partial charge in [-0.25, -0.2) is 8.42 Å². The fourth-order valence-electron chi connectivity index (χ4n) is 1.37. The monoisotopic (exact) mass is 279 g/mol. The smallest absolute Gasteiger partial charge is 0.180 e. The second-order valence-corrected chi connectivity index (χ2v) is 6.38. The second-order valence-electron chi connectivity index (χ2n) is 4.27. The van der Waals surface area contributed by atoms with E-state index in [1.807, 2.05) is 13.0 Å². The molecule has 0 fully saturated rings. The number of nitriles is 1. The quantitative estimate of drug-likeness (QED) is 0.567. The van der Waals surface area contributed by atoms with Crippen LogP contribution in [0.4, 0.5) is 0 Å². The van der Waals surface area contributed by atoms with Crippen molar-refractivity contribution in [3.63, 3.8) is 0 Å². The van der Waals surface area contributed by atoms with Crippen molar-refractivity contribution in [2.45, 2.75) is 18.2 Å². The zero-order chi connectivity index (χ0) is 14.3. The van der Waals surface area contributed by atoms with Crippen molar-refractivity contribution in [1.82, 2.24) is 0 Å². The Morgan fingerprint density at radius 3 is 2.47 bits per heavy atom. The molecule has 0 amide bonds. The fraction of sp³-hybridized carbons (Fsp3) is 0.357. The molecule has 0 atom stereocenters. The van der Waals surface area contributed by atoms with Crippen molar-refractivity contribution in [3.05, 3.63) is 42.0 Å². The minimum Gasteiger partial charge on any atom is -0.380 e. The number of rotatable bonds is 7. The molecule has 0 radical (unpaired) electrons. The number of benzene rings is 1. The van der Waals surface area contributed by atoms with E-state index >= 15 is 0 Å². The lowest BCUT2D eigenvalue weighted by Crippen LogP contribution is -2.13. The van der Waals surface area contributed by atoms with E-state index < -0.39 is 9.84 Å². The highest BCUT2D eigenvalue weighted by Gasteiger charge is 2.13. The van der Waals surface area contributed by atoms with Crippen LogP contribution in [0, 0.1) is 11.3 Å². The molecule has 0 aromatic heterocycles. The Balaban J connectivity index is 2.51. The molecular formula is C14H17NO3S. The molecule has 19 heavy (non-hydrogen) atoms. The Hall–Kier alpha value is -1.64. The zero-order valence-electron chi connectivity index (χ0n) is 10.9. The van der Waals surface area contributed by atoms with Gasteiger partial charge in [0.05, 0.1) is 35.5 Å². The maximum Gasteiger partial charge on any atom is 0.180 e. The molecule has 0 unspecified atom stereocenters. The number of hydrogen-bond acceptors (Lipinski definition) is 4. The van der Waals surface area contributed by atoms with E-state index in [0.29, 0.717) is 12.2 Å². The topological polar surface area (TPSA) is 67.2 Å². The summed E-state index contributed by atoms with van der Waals surface area (Å²) in [5.74, 6) is -0.0604. The van der Waals surface area contributed by atoms with Crippen molar-refractivity contribution in [2.24, 2.45) is 0 Å². The van der Waals surface area contributed by atoms with Crippen molar-refractivity contribution in [1.29, 1.82) is 5.26 Å². The van der Waals surface area contributed by atoms with E-state index in [0.717, 1.165) is 12.0 Å². The van der Waals surface area contributed by atoms with Gasteiger partial charge in [-0.1, -0.05) is 5.57 Å². The van der Waals surface area contributed by atoms with E-state index in [4.69, 9.17) is 10.00 Å². The number of ether oxygens (including phenoxy) is 1. The fourth-order valence-corrected chi connectivity index (χ4v) is 2.50. The Kier molecular flexibility index (Phi) is 5.74. The van der Waals surface area contributed by atoms with Crippen LogP contribution >= 0.6 is 0 Å². The van der Waals surface area contributed by atoms with Gasteiger partial charge < -0.3 is 4.74 Å². The van der Waals surface area contributed by atoms with E-state index in [2.05, 4.69) is 6.58 Å². The minimum atomic E-state index is -3.34. The van der Waals surface area contributed by atoms with Gasteiger partial charge in [-0.3, -0.25) is 0 Å². The zero-order valence-corrected chi connectivity index (χ0v) is 11.7. The van der Waals surface area contributed by atoms with Crippen molar-refractivity contribution >= 4 is 9.84 Å². The molecular weight excluding hydrogens is 262 g/mol. The van der Waals surface area contributed by atoms with Gasteiger partial charge in [0.15, 0.2) is 9.84 Å². The van der Waals surface area contributed by atoms with Crippen LogP contribution in [0.1, 0.15) is 18.9 Å². The summed E-state index contributed by atoms with van der Waals surface area (Å²) in [7, 11) is -3.34. The molecule has 0 aliphatic rings. The van der Waals surface area contributed by atoms with Gasteiger partial charge in [0.1, 0.15) is 0 Å². The third-order valence-corrected chi connectivity index (χ3v) is 4.21. The first-order valence-corrected chi connectivity index (χ1v) is 7.56. The van der Waals surface area contributed by atoms with Gasteiger partial charge in [-0.15, -0.1) is 6.58 Å². The Bertz CT molecular complexity index is 568. The van der Waals surface area contributed by atoms with Crippen LogP contribution in [0.25, 0.3) is 0 Å². The van der Waals surface area contributed by atoms with Crippen LogP contribution in [0.15, 0.2) is 41.3 Å². The normalized spacial score (nSPS) is 10.9. The van der Waals surface area contributed by atoms with Crippen molar-refractivity contribution in [2.75, 3.05) is 19.0 Å². The summed E-state index contributed by atoms with van der Waals surface area (Å²) < 4.78 is 29.2. The largest absolute Gasteiger partial charge is 0.380 e. The molecule has 0 N–H and O–H groups in total. The van der Waals surface area contributed by atoms with Gasteiger partial charge in [0, 0.05) is 0 Å². The van der Waals surface area contributed by atoms with E-state index in [-0.39, 0.29) is 17.3 Å². The van der Waals surface area contributed by atoms with Crippen LogP contribution in [-0.2, 0) is 14.6 Å². The van der Waals surface area contributed by atoms with Gasteiger partial charge in [-0.2, -0.15) is 5.26 Å². The van der Waals surface area contributed by atoms with E-state index in [1.165, 1.54) is 24.3 Å². The summed E-state index contributed by atoms with van der Waals surface area (Å²) in [6.45, 7) is 6.29. The third kappa shape index (κ3) is 5.25. The predicted octanol–water partition coefficient (Wildman–Crippen LogP) is 2.31. The highest BCUT2D eigenvalue weighted by molar-refractivity contribution is 7.91. The lowest BCUT2D eigenvalue weighted by atomic mass is 10.2. The highest BCUT2D eigenvalue weighted by atomic mass is 32.2. The standard InChI is InChI=1S/C14H17NO3S/c1-12(2)7-8-18-9-10-19(16,17)14-5-3-13(11-15)4-6-14/h3-6H,1,7-10H2,2H3. The Morgan fingerprint density at radius 2 is 1.95 bits per heavy atom. The van der Waals surface area contributed by atoms with E-state index in [1.54, 1.807) is 0 Å². The molecule has 0 aliphatic carbocycles. The average Bonchev–Trinajstić information content (AvgIpc) is 2.38. The molecule has 102 valence electrons. The van der Waals surface area contributed by atoms with Crippen LogP contribution in [0.2, 0.25) is 0 Å². The second kappa shape index (κ2) is 7.07. The number of sulfone groups is 1. The summed E-state index contributed by atoms with van der Waals surface area (Å²) >= 11 is 0. The summed E-state index contributed by atoms with van der Waals surface area (Å²) in [6.07, 6.45) is 0.733. The Morgan fingerprint density at radius 1 is 1.32 bits per heavy atom. The molecule has 1 rings (SSSR count). The first-order chi connectivity index (χ1) is 8.95. The molecule has 1 aromatic carbocycles. The van der Waals surface area contributed by atoms with Crippen LogP contribution in [0.3, 0.4) is 0 Å².